The molecule has 2 fully saturated rings. The highest BCUT2D eigenvalue weighted by molar-refractivity contribution is 8.21. The molecular formula is C18H31F3OS2Si. The summed E-state index contributed by atoms with van der Waals surface area (Å²) in [4.78, 5) is 0. The molecule has 0 amide bonds. The molecule has 25 heavy (non-hydrogen) atoms. The number of halogens is 3. The zero-order chi connectivity index (χ0) is 18.9. The fraction of sp³-hybridized carbons (Fsp3) is 0.889. The minimum absolute atomic E-state index is 0.141. The third kappa shape index (κ3) is 5.16. The van der Waals surface area contributed by atoms with Gasteiger partial charge in [-0.3, -0.25) is 0 Å². The van der Waals surface area contributed by atoms with E-state index in [0.717, 1.165) is 30.8 Å². The highest BCUT2D eigenvalue weighted by Crippen LogP contribution is 2.57. The molecule has 1 aliphatic heterocycles. The van der Waals surface area contributed by atoms with Crippen LogP contribution in [0.2, 0.25) is 18.1 Å². The van der Waals surface area contributed by atoms with Crippen molar-refractivity contribution in [2.45, 2.75) is 81.3 Å². The largest absolute Gasteiger partial charge is 0.540 e. The molecule has 0 aromatic heterocycles. The fourth-order valence-corrected chi connectivity index (χ4v) is 7.95. The Morgan fingerprint density at radius 2 is 1.76 bits per heavy atom. The van der Waals surface area contributed by atoms with E-state index in [1.807, 2.05) is 57.4 Å². The van der Waals surface area contributed by atoms with Gasteiger partial charge in [0.25, 0.3) is 0 Å². The van der Waals surface area contributed by atoms with Crippen molar-refractivity contribution in [1.29, 1.82) is 0 Å². The van der Waals surface area contributed by atoms with Crippen molar-refractivity contribution in [3.63, 3.8) is 0 Å². The molecule has 2 aliphatic rings. The lowest BCUT2D eigenvalue weighted by molar-refractivity contribution is -0.118. The summed E-state index contributed by atoms with van der Waals surface area (Å²) in [5.74, 6) is 1.81. The molecule has 1 saturated heterocycles. The molecule has 1 saturated carbocycles. The average molecular weight is 413 g/mol. The minimum atomic E-state index is -4.41. The highest BCUT2D eigenvalue weighted by Gasteiger charge is 2.47. The van der Waals surface area contributed by atoms with Gasteiger partial charge >= 0.3 is 6.18 Å². The topological polar surface area (TPSA) is 9.23 Å². The molecule has 1 spiro atoms. The Hall–Kier alpha value is 0.247. The molecule has 2 rings (SSSR count). The lowest BCUT2D eigenvalue weighted by atomic mass is 9.85. The lowest BCUT2D eigenvalue weighted by Gasteiger charge is -2.40. The van der Waals surface area contributed by atoms with Crippen molar-refractivity contribution >= 4 is 31.8 Å². The quantitative estimate of drug-likeness (QED) is 0.356. The summed E-state index contributed by atoms with van der Waals surface area (Å²) < 4.78 is 46.6. The Bertz CT molecular complexity index is 492. The van der Waals surface area contributed by atoms with Crippen molar-refractivity contribution < 1.29 is 17.6 Å². The van der Waals surface area contributed by atoms with Crippen molar-refractivity contribution in [2.75, 3.05) is 11.5 Å². The van der Waals surface area contributed by atoms with Gasteiger partial charge in [-0.15, -0.1) is 23.5 Å². The Balaban J connectivity index is 2.18. The van der Waals surface area contributed by atoms with Gasteiger partial charge in [-0.2, -0.15) is 13.2 Å². The van der Waals surface area contributed by atoms with Crippen LogP contribution in [0.5, 0.6) is 0 Å². The van der Waals surface area contributed by atoms with Crippen LogP contribution in [0, 0.1) is 5.92 Å². The summed E-state index contributed by atoms with van der Waals surface area (Å²) in [6, 6.07) is 0. The number of thioether (sulfide) groups is 2. The summed E-state index contributed by atoms with van der Waals surface area (Å²) in [7, 11) is -2.50. The Morgan fingerprint density at radius 1 is 1.16 bits per heavy atom. The molecule has 1 unspecified atom stereocenters. The van der Waals surface area contributed by atoms with Crippen LogP contribution in [0.4, 0.5) is 13.2 Å². The SMILES string of the molecule is CC(C)(C)[Si](C)(C)O/C(=C/CC1CCCCC12SCCS2)C(F)(F)F. The van der Waals surface area contributed by atoms with E-state index in [9.17, 15) is 13.2 Å². The summed E-state index contributed by atoms with van der Waals surface area (Å²) in [5.41, 5.74) is 0. The number of rotatable bonds is 4. The molecule has 0 aromatic carbocycles. The second-order valence-electron chi connectivity index (χ2n) is 8.62. The molecule has 146 valence electrons. The summed E-state index contributed by atoms with van der Waals surface area (Å²) >= 11 is 3.94. The van der Waals surface area contributed by atoms with Crippen LogP contribution in [-0.2, 0) is 4.43 Å². The smallest absolute Gasteiger partial charge is 0.447 e. The van der Waals surface area contributed by atoms with E-state index in [-0.39, 0.29) is 9.12 Å². The molecule has 0 bridgehead atoms. The number of hydrogen-bond donors (Lipinski definition) is 0. The maximum atomic E-state index is 13.6. The van der Waals surface area contributed by atoms with Crippen molar-refractivity contribution in [2.24, 2.45) is 5.92 Å². The second-order valence-corrected chi connectivity index (χ2v) is 16.4. The van der Waals surface area contributed by atoms with Crippen LogP contribution in [0.3, 0.4) is 0 Å². The maximum Gasteiger partial charge on any atom is 0.447 e. The summed E-state index contributed by atoms with van der Waals surface area (Å²) in [6.07, 6.45) is 1.92. The molecule has 0 aromatic rings. The van der Waals surface area contributed by atoms with Gasteiger partial charge in [-0.25, -0.2) is 0 Å². The van der Waals surface area contributed by atoms with Crippen LogP contribution in [0.25, 0.3) is 0 Å². The van der Waals surface area contributed by atoms with Crippen molar-refractivity contribution in [1.82, 2.24) is 0 Å². The first kappa shape index (κ1) is 21.5. The molecular weight excluding hydrogens is 381 g/mol. The number of alkyl halides is 3. The van der Waals surface area contributed by atoms with Gasteiger partial charge in [0, 0.05) is 11.5 Å². The fourth-order valence-electron chi connectivity index (χ4n) is 3.23. The Kier molecular flexibility index (Phi) is 6.64. The monoisotopic (exact) mass is 412 g/mol. The first-order valence-corrected chi connectivity index (χ1v) is 14.0. The Morgan fingerprint density at radius 3 is 2.28 bits per heavy atom. The standard InChI is InChI=1S/C18H31F3OS2Si/c1-16(2,3)25(4,5)22-15(18(19,20)21)10-9-14-8-6-7-11-17(14)23-12-13-24-17/h10,14H,6-9,11-13H2,1-5H3/b15-10+. The molecule has 0 N–H and O–H groups in total. The van der Waals surface area contributed by atoms with E-state index in [1.165, 1.54) is 12.5 Å². The third-order valence-electron chi connectivity index (χ3n) is 5.76. The number of hydrogen-bond acceptors (Lipinski definition) is 3. The van der Waals surface area contributed by atoms with Crippen LogP contribution >= 0.6 is 23.5 Å². The van der Waals surface area contributed by atoms with E-state index in [0.29, 0.717) is 12.3 Å². The second kappa shape index (κ2) is 7.70. The van der Waals surface area contributed by atoms with Gasteiger partial charge in [-0.05, 0) is 49.4 Å². The van der Waals surface area contributed by atoms with Crippen LogP contribution in [0.15, 0.2) is 11.8 Å². The first-order valence-electron chi connectivity index (χ1n) is 9.12. The maximum absolute atomic E-state index is 13.6. The van der Waals surface area contributed by atoms with E-state index in [1.54, 1.807) is 0 Å². The molecule has 1 nitrogen and oxygen atoms in total. The zero-order valence-corrected chi connectivity index (χ0v) is 18.6. The predicted octanol–water partition coefficient (Wildman–Crippen LogP) is 7.21. The van der Waals surface area contributed by atoms with Gasteiger partial charge < -0.3 is 4.43 Å². The lowest BCUT2D eigenvalue weighted by Crippen LogP contribution is -2.42. The van der Waals surface area contributed by atoms with Gasteiger partial charge in [-0.1, -0.05) is 33.6 Å². The van der Waals surface area contributed by atoms with E-state index in [4.69, 9.17) is 4.43 Å². The van der Waals surface area contributed by atoms with Gasteiger partial charge in [0.1, 0.15) is 0 Å². The summed E-state index contributed by atoms with van der Waals surface area (Å²) in [6.45, 7) is 9.65. The Labute approximate surface area is 160 Å². The van der Waals surface area contributed by atoms with Crippen LogP contribution in [0.1, 0.15) is 52.9 Å². The van der Waals surface area contributed by atoms with Crippen LogP contribution in [-0.4, -0.2) is 30.1 Å². The van der Waals surface area contributed by atoms with E-state index >= 15 is 0 Å². The van der Waals surface area contributed by atoms with E-state index in [2.05, 4.69) is 0 Å². The van der Waals surface area contributed by atoms with Gasteiger partial charge in [0.2, 0.25) is 8.32 Å². The van der Waals surface area contributed by atoms with E-state index < -0.39 is 20.3 Å². The normalized spacial score (nSPS) is 25.4. The van der Waals surface area contributed by atoms with Crippen LogP contribution < -0.4 is 0 Å². The molecule has 1 heterocycles. The van der Waals surface area contributed by atoms with Gasteiger partial charge in [0.05, 0.1) is 4.08 Å². The molecule has 1 aliphatic carbocycles. The van der Waals surface area contributed by atoms with Gasteiger partial charge in [0.15, 0.2) is 5.76 Å². The first-order chi connectivity index (χ1) is 11.4. The molecule has 1 atom stereocenters. The zero-order valence-electron chi connectivity index (χ0n) is 16.0. The third-order valence-corrected chi connectivity index (χ3v) is 13.9. The van der Waals surface area contributed by atoms with Crippen molar-refractivity contribution in [3.05, 3.63) is 11.8 Å². The molecule has 7 heteroatoms. The van der Waals surface area contributed by atoms with Crippen molar-refractivity contribution in [3.8, 4) is 0 Å². The minimum Gasteiger partial charge on any atom is -0.540 e. The summed E-state index contributed by atoms with van der Waals surface area (Å²) in [5, 5.41) is -0.249. The highest BCUT2D eigenvalue weighted by atomic mass is 32.2. The average Bonchev–Trinajstić information content (AvgIpc) is 2.91. The number of allylic oxidation sites excluding steroid dienone is 2. The predicted molar refractivity (Wildman–Crippen MR) is 107 cm³/mol. The molecule has 0 radical (unpaired) electrons.